The Hall–Kier alpha value is -3.41. The maximum Gasteiger partial charge on any atom is 0.303 e. The van der Waals surface area contributed by atoms with Crippen LogP contribution in [-0.2, 0) is 17.6 Å². The van der Waals surface area contributed by atoms with E-state index in [1.54, 1.807) is 0 Å². The van der Waals surface area contributed by atoms with Gasteiger partial charge >= 0.3 is 5.97 Å². The van der Waals surface area contributed by atoms with Crippen molar-refractivity contribution in [2.75, 3.05) is 25.1 Å². The van der Waals surface area contributed by atoms with Crippen LogP contribution in [0.25, 0.3) is 11.4 Å². The molecule has 1 heterocycles. The molecule has 0 bridgehead atoms. The first-order chi connectivity index (χ1) is 16.4. The van der Waals surface area contributed by atoms with Crippen LogP contribution in [0, 0.1) is 6.92 Å². The summed E-state index contributed by atoms with van der Waals surface area (Å²) in [4.78, 5) is 22.6. The fourth-order valence-corrected chi connectivity index (χ4v) is 4.57. The Kier molecular flexibility index (Phi) is 7.46. The number of nitrogens with zero attached hydrogens (tertiary/aromatic N) is 3. The summed E-state index contributed by atoms with van der Waals surface area (Å²) < 4.78 is 6.00. The largest absolute Gasteiger partial charge is 0.494 e. The number of ether oxygens (including phenoxy) is 1. The van der Waals surface area contributed by atoms with Crippen molar-refractivity contribution in [1.29, 1.82) is 0 Å². The maximum absolute atomic E-state index is 11.1. The number of rotatable bonds is 10. The zero-order chi connectivity index (χ0) is 24.1. The third-order valence-electron chi connectivity index (χ3n) is 6.50. The lowest BCUT2D eigenvalue weighted by atomic mass is 9.98. The lowest BCUT2D eigenvalue weighted by Crippen LogP contribution is -2.22. The second-order valence-electron chi connectivity index (χ2n) is 9.06. The Labute approximate surface area is 201 Å². The summed E-state index contributed by atoms with van der Waals surface area (Å²) in [5.74, 6) is 1.90. The normalized spacial score (nSPS) is 14.6. The second-order valence-corrected chi connectivity index (χ2v) is 9.06. The first kappa shape index (κ1) is 23.7. The van der Waals surface area contributed by atoms with Gasteiger partial charge in [-0.1, -0.05) is 37.3 Å². The number of hydrogen-bond acceptors (Lipinski definition) is 5. The summed E-state index contributed by atoms with van der Waals surface area (Å²) in [7, 11) is 2.05. The molecule has 1 N–H and O–H groups in total. The van der Waals surface area contributed by atoms with Crippen molar-refractivity contribution >= 4 is 11.8 Å². The van der Waals surface area contributed by atoms with E-state index < -0.39 is 5.97 Å². The fraction of sp³-hybridized carbons (Fsp3) is 0.393. The zero-order valence-electron chi connectivity index (χ0n) is 20.3. The quantitative estimate of drug-likeness (QED) is 0.408. The van der Waals surface area contributed by atoms with Gasteiger partial charge in [0.25, 0.3) is 0 Å². The van der Waals surface area contributed by atoms with E-state index in [9.17, 15) is 4.79 Å². The molecule has 1 atom stereocenters. The molecular weight excluding hydrogens is 426 g/mol. The van der Waals surface area contributed by atoms with Crippen LogP contribution in [0.1, 0.15) is 54.5 Å². The summed E-state index contributed by atoms with van der Waals surface area (Å²) >= 11 is 0. The molecule has 0 spiro atoms. The maximum atomic E-state index is 11.1. The van der Waals surface area contributed by atoms with E-state index >= 15 is 0 Å². The molecule has 6 nitrogen and oxygen atoms in total. The molecule has 1 aromatic heterocycles. The third-order valence-corrected chi connectivity index (χ3v) is 6.50. The Bertz CT molecular complexity index is 1140. The van der Waals surface area contributed by atoms with E-state index in [-0.39, 0.29) is 12.3 Å². The molecule has 0 saturated heterocycles. The highest BCUT2D eigenvalue weighted by atomic mass is 16.5. The van der Waals surface area contributed by atoms with Crippen molar-refractivity contribution in [1.82, 2.24) is 9.97 Å². The van der Waals surface area contributed by atoms with Gasteiger partial charge in [-0.15, -0.1) is 0 Å². The highest BCUT2D eigenvalue weighted by Crippen LogP contribution is 2.37. The van der Waals surface area contributed by atoms with E-state index in [0.717, 1.165) is 66.4 Å². The van der Waals surface area contributed by atoms with E-state index in [0.29, 0.717) is 6.61 Å². The van der Waals surface area contributed by atoms with Crippen molar-refractivity contribution in [3.8, 4) is 17.1 Å². The minimum atomic E-state index is -0.734. The number of carboxylic acid groups (broad SMARTS) is 1. The summed E-state index contributed by atoms with van der Waals surface area (Å²) in [5.41, 5.74) is 5.66. The molecule has 0 radical (unpaired) electrons. The number of aromatic nitrogens is 2. The molecule has 1 aliphatic rings. The number of carboxylic acids is 1. The molecule has 0 saturated carbocycles. The molecule has 3 aromatic rings. The molecule has 2 aromatic carbocycles. The van der Waals surface area contributed by atoms with E-state index in [2.05, 4.69) is 47.1 Å². The van der Waals surface area contributed by atoms with Crippen molar-refractivity contribution < 1.29 is 14.6 Å². The van der Waals surface area contributed by atoms with E-state index in [1.165, 1.54) is 11.1 Å². The Morgan fingerprint density at radius 3 is 2.68 bits per heavy atom. The van der Waals surface area contributed by atoms with Gasteiger partial charge in [0.1, 0.15) is 11.6 Å². The second kappa shape index (κ2) is 10.7. The minimum absolute atomic E-state index is 0.126. The fourth-order valence-electron chi connectivity index (χ4n) is 4.57. The molecular formula is C28H33N3O3. The molecule has 1 aliphatic carbocycles. The standard InChI is InChI=1S/C28H33N3O3/c1-4-20-6-8-21(9-7-20)28-29-19(2)16-26(30-28)31(3)14-5-15-34-24-12-13-25-22(17-24)10-11-23(25)18-27(32)33/h6-9,12-13,16-17,23H,4-5,10-11,14-15,18H2,1-3H3,(H,32,33)/t23-/m0/s1. The SMILES string of the molecule is CCc1ccc(-c2nc(C)cc(N(C)CCCOc3ccc4c(c3)CC[C@H]4CC(=O)O)n2)cc1. The van der Waals surface area contributed by atoms with Gasteiger partial charge in [-0.05, 0) is 67.3 Å². The number of anilines is 1. The van der Waals surface area contributed by atoms with Crippen LogP contribution in [0.15, 0.2) is 48.5 Å². The van der Waals surface area contributed by atoms with Crippen molar-refractivity contribution in [2.24, 2.45) is 0 Å². The molecule has 0 unspecified atom stereocenters. The highest BCUT2D eigenvalue weighted by Gasteiger charge is 2.24. The molecule has 178 valence electrons. The van der Waals surface area contributed by atoms with Crippen molar-refractivity contribution in [3.05, 3.63) is 70.9 Å². The van der Waals surface area contributed by atoms with Gasteiger partial charge in [0.15, 0.2) is 5.82 Å². The number of fused-ring (bicyclic) bond motifs is 1. The number of benzene rings is 2. The lowest BCUT2D eigenvalue weighted by molar-refractivity contribution is -0.137. The minimum Gasteiger partial charge on any atom is -0.494 e. The monoisotopic (exact) mass is 459 g/mol. The summed E-state index contributed by atoms with van der Waals surface area (Å²) in [5, 5.41) is 9.10. The van der Waals surface area contributed by atoms with Gasteiger partial charge in [0.05, 0.1) is 13.0 Å². The molecule has 34 heavy (non-hydrogen) atoms. The predicted molar refractivity (Wildman–Crippen MR) is 135 cm³/mol. The molecule has 0 amide bonds. The molecule has 6 heteroatoms. The average Bonchev–Trinajstić information content (AvgIpc) is 3.22. The van der Waals surface area contributed by atoms with Gasteiger partial charge in [-0.2, -0.15) is 0 Å². The molecule has 0 aliphatic heterocycles. The topological polar surface area (TPSA) is 75.6 Å². The van der Waals surface area contributed by atoms with Crippen LogP contribution in [0.4, 0.5) is 5.82 Å². The summed E-state index contributed by atoms with van der Waals surface area (Å²) in [6.07, 6.45) is 3.90. The smallest absolute Gasteiger partial charge is 0.303 e. The van der Waals surface area contributed by atoms with E-state index in [4.69, 9.17) is 14.8 Å². The van der Waals surface area contributed by atoms with Gasteiger partial charge < -0.3 is 14.7 Å². The van der Waals surface area contributed by atoms with Gasteiger partial charge in [0.2, 0.25) is 0 Å². The Morgan fingerprint density at radius 2 is 1.94 bits per heavy atom. The van der Waals surface area contributed by atoms with E-state index in [1.807, 2.05) is 32.2 Å². The highest BCUT2D eigenvalue weighted by molar-refractivity contribution is 5.68. The van der Waals surface area contributed by atoms with Crippen molar-refractivity contribution in [3.63, 3.8) is 0 Å². The number of carbonyl (C=O) groups is 1. The van der Waals surface area contributed by atoms with Gasteiger partial charge in [-0.3, -0.25) is 4.79 Å². The number of hydrogen-bond donors (Lipinski definition) is 1. The van der Waals surface area contributed by atoms with Crippen LogP contribution in [0.5, 0.6) is 5.75 Å². The number of aliphatic carboxylic acids is 1. The van der Waals surface area contributed by atoms with Crippen LogP contribution < -0.4 is 9.64 Å². The van der Waals surface area contributed by atoms with Gasteiger partial charge in [-0.25, -0.2) is 9.97 Å². The average molecular weight is 460 g/mol. The van der Waals surface area contributed by atoms with Crippen LogP contribution in [0.2, 0.25) is 0 Å². The van der Waals surface area contributed by atoms with Crippen LogP contribution in [-0.4, -0.2) is 41.2 Å². The molecule has 4 rings (SSSR count). The Morgan fingerprint density at radius 1 is 1.15 bits per heavy atom. The van der Waals surface area contributed by atoms with Crippen molar-refractivity contribution in [2.45, 2.75) is 51.9 Å². The zero-order valence-corrected chi connectivity index (χ0v) is 20.3. The third kappa shape index (κ3) is 5.74. The first-order valence-electron chi connectivity index (χ1n) is 12.1. The number of aryl methyl sites for hydroxylation is 3. The lowest BCUT2D eigenvalue weighted by Gasteiger charge is -2.19. The van der Waals surface area contributed by atoms with Crippen LogP contribution >= 0.6 is 0 Å². The predicted octanol–water partition coefficient (Wildman–Crippen LogP) is 5.42. The first-order valence-corrected chi connectivity index (χ1v) is 12.1. The Balaban J connectivity index is 1.32. The van der Waals surface area contributed by atoms with Crippen LogP contribution in [0.3, 0.4) is 0 Å². The molecule has 0 fully saturated rings. The summed E-state index contributed by atoms with van der Waals surface area (Å²) in [6, 6.07) is 16.5. The summed E-state index contributed by atoms with van der Waals surface area (Å²) in [6.45, 7) is 5.57. The van der Waals surface area contributed by atoms with Gasteiger partial charge in [0, 0.05) is 30.9 Å².